The van der Waals surface area contributed by atoms with E-state index in [1.54, 1.807) is 16.4 Å². The summed E-state index contributed by atoms with van der Waals surface area (Å²) in [6, 6.07) is 4.31. The standard InChI is InChI=1S/C23H22ClF3N6O2S/c1-32(2)6-3-7-33-12-28-20(31-33)19-16(24)11-36-22(19)30-18(34)10-14-8-13-9-15(23(25,26)27)4-5-17(13)29-21(14)35/h4-5,8-9,11-12H,3,6-7,10H2,1-2H3,(H,29,35)(H,30,34). The molecule has 0 fully saturated rings. The SMILES string of the molecule is CN(C)CCCn1cnc(-c2c(Cl)csc2NC(=O)Cc2cc3cc(C(F)(F)F)ccc3[nH]c2=O)n1. The number of pyridine rings is 1. The Morgan fingerprint density at radius 3 is 2.78 bits per heavy atom. The summed E-state index contributed by atoms with van der Waals surface area (Å²) in [5.74, 6) is -0.179. The Balaban J connectivity index is 1.52. The molecule has 36 heavy (non-hydrogen) atoms. The van der Waals surface area contributed by atoms with Crippen LogP contribution in [0.2, 0.25) is 5.02 Å². The lowest BCUT2D eigenvalue weighted by atomic mass is 10.1. The average molecular weight is 539 g/mol. The lowest BCUT2D eigenvalue weighted by Crippen LogP contribution is -2.21. The summed E-state index contributed by atoms with van der Waals surface area (Å²) in [4.78, 5) is 34.1. The lowest BCUT2D eigenvalue weighted by molar-refractivity contribution is -0.137. The Hall–Kier alpha value is -3.22. The van der Waals surface area contributed by atoms with Gasteiger partial charge in [0.05, 0.1) is 22.6 Å². The number of nitrogens with one attached hydrogen (secondary N) is 2. The second kappa shape index (κ2) is 10.4. The Bertz CT molecular complexity index is 1460. The highest BCUT2D eigenvalue weighted by molar-refractivity contribution is 7.15. The van der Waals surface area contributed by atoms with E-state index in [9.17, 15) is 22.8 Å². The van der Waals surface area contributed by atoms with Crippen molar-refractivity contribution in [2.75, 3.05) is 26.0 Å². The van der Waals surface area contributed by atoms with Crippen molar-refractivity contribution in [3.8, 4) is 11.4 Å². The third kappa shape index (κ3) is 5.94. The number of hydrogen-bond donors (Lipinski definition) is 2. The predicted molar refractivity (Wildman–Crippen MR) is 133 cm³/mol. The number of halogens is 4. The van der Waals surface area contributed by atoms with Crippen LogP contribution in [0.25, 0.3) is 22.3 Å². The van der Waals surface area contributed by atoms with E-state index in [1.165, 1.54) is 23.5 Å². The number of alkyl halides is 3. The van der Waals surface area contributed by atoms with Crippen LogP contribution in [-0.4, -0.2) is 51.2 Å². The van der Waals surface area contributed by atoms with Crippen LogP contribution in [-0.2, 0) is 23.9 Å². The van der Waals surface area contributed by atoms with Gasteiger partial charge in [-0.05, 0) is 56.7 Å². The Labute approximate surface area is 212 Å². The lowest BCUT2D eigenvalue weighted by Gasteiger charge is -2.09. The van der Waals surface area contributed by atoms with E-state index in [0.29, 0.717) is 28.0 Å². The average Bonchev–Trinajstić information content (AvgIpc) is 3.39. The minimum absolute atomic E-state index is 0.0341. The van der Waals surface area contributed by atoms with Crippen molar-refractivity contribution in [3.63, 3.8) is 0 Å². The van der Waals surface area contributed by atoms with Crippen LogP contribution in [0.5, 0.6) is 0 Å². The number of thiophene rings is 1. The molecule has 0 aliphatic heterocycles. The molecule has 4 aromatic rings. The first-order valence-corrected chi connectivity index (χ1v) is 12.1. The summed E-state index contributed by atoms with van der Waals surface area (Å²) >= 11 is 7.52. The topological polar surface area (TPSA) is 95.9 Å². The van der Waals surface area contributed by atoms with Crippen molar-refractivity contribution in [2.24, 2.45) is 0 Å². The number of aromatic nitrogens is 4. The molecule has 2 N–H and O–H groups in total. The van der Waals surface area contributed by atoms with Gasteiger partial charge in [0.25, 0.3) is 5.56 Å². The molecular weight excluding hydrogens is 517 g/mol. The smallest absolute Gasteiger partial charge is 0.322 e. The molecule has 190 valence electrons. The molecule has 1 amide bonds. The first-order valence-electron chi connectivity index (χ1n) is 10.9. The van der Waals surface area contributed by atoms with E-state index in [0.717, 1.165) is 25.1 Å². The molecule has 3 aromatic heterocycles. The molecule has 3 heterocycles. The van der Waals surface area contributed by atoms with E-state index < -0.39 is 23.2 Å². The molecule has 0 saturated heterocycles. The van der Waals surface area contributed by atoms with Crippen LogP contribution in [0.15, 0.2) is 40.8 Å². The number of fused-ring (bicyclic) bond motifs is 1. The second-order valence-electron chi connectivity index (χ2n) is 8.42. The summed E-state index contributed by atoms with van der Waals surface area (Å²) in [5, 5.41) is 9.76. The summed E-state index contributed by atoms with van der Waals surface area (Å²) in [5.41, 5.74) is -0.656. The zero-order chi connectivity index (χ0) is 26.0. The zero-order valence-electron chi connectivity index (χ0n) is 19.3. The van der Waals surface area contributed by atoms with E-state index >= 15 is 0 Å². The number of hydrogen-bond acceptors (Lipinski definition) is 6. The molecule has 0 bridgehead atoms. The summed E-state index contributed by atoms with van der Waals surface area (Å²) < 4.78 is 40.9. The van der Waals surface area contributed by atoms with Gasteiger partial charge in [0.2, 0.25) is 5.91 Å². The third-order valence-electron chi connectivity index (χ3n) is 5.35. The number of anilines is 1. The van der Waals surface area contributed by atoms with Crippen LogP contribution < -0.4 is 10.9 Å². The number of benzene rings is 1. The minimum Gasteiger partial charge on any atom is -0.322 e. The molecule has 0 aliphatic rings. The van der Waals surface area contributed by atoms with E-state index in [4.69, 9.17) is 11.6 Å². The van der Waals surface area contributed by atoms with Crippen molar-refractivity contribution in [3.05, 3.63) is 62.5 Å². The van der Waals surface area contributed by atoms with Crippen LogP contribution in [0.3, 0.4) is 0 Å². The minimum atomic E-state index is -4.52. The number of aromatic amines is 1. The van der Waals surface area contributed by atoms with Gasteiger partial charge in [0.1, 0.15) is 11.3 Å². The maximum absolute atomic E-state index is 13.1. The highest BCUT2D eigenvalue weighted by Gasteiger charge is 2.30. The molecule has 13 heteroatoms. The molecule has 1 aromatic carbocycles. The highest BCUT2D eigenvalue weighted by Crippen LogP contribution is 2.38. The van der Waals surface area contributed by atoms with Crippen molar-refractivity contribution in [1.82, 2.24) is 24.6 Å². The van der Waals surface area contributed by atoms with E-state index in [2.05, 4.69) is 25.3 Å². The fourth-order valence-electron chi connectivity index (χ4n) is 3.61. The number of carbonyl (C=O) groups excluding carboxylic acids is 1. The normalized spacial score (nSPS) is 12.0. The van der Waals surface area contributed by atoms with Crippen LogP contribution in [0, 0.1) is 0 Å². The Morgan fingerprint density at radius 2 is 2.06 bits per heavy atom. The van der Waals surface area contributed by atoms with Crippen molar-refractivity contribution < 1.29 is 18.0 Å². The van der Waals surface area contributed by atoms with Gasteiger partial charge in [0.15, 0.2) is 5.82 Å². The molecule has 8 nitrogen and oxygen atoms in total. The molecule has 0 radical (unpaired) electrons. The van der Waals surface area contributed by atoms with Gasteiger partial charge in [-0.3, -0.25) is 14.3 Å². The maximum atomic E-state index is 13.1. The van der Waals surface area contributed by atoms with Gasteiger partial charge in [-0.15, -0.1) is 11.3 Å². The van der Waals surface area contributed by atoms with Crippen LogP contribution in [0.4, 0.5) is 18.2 Å². The van der Waals surface area contributed by atoms with E-state index in [-0.39, 0.29) is 22.9 Å². The largest absolute Gasteiger partial charge is 0.416 e. The quantitative estimate of drug-likeness (QED) is 0.340. The molecule has 0 atom stereocenters. The van der Waals surface area contributed by atoms with Gasteiger partial charge >= 0.3 is 6.18 Å². The summed E-state index contributed by atoms with van der Waals surface area (Å²) in [6.45, 7) is 1.55. The fourth-order valence-corrected chi connectivity index (χ4v) is 4.81. The van der Waals surface area contributed by atoms with Gasteiger partial charge in [-0.2, -0.15) is 18.3 Å². The van der Waals surface area contributed by atoms with Crippen LogP contribution >= 0.6 is 22.9 Å². The molecule has 0 saturated carbocycles. The number of carbonyl (C=O) groups is 1. The van der Waals surface area contributed by atoms with Gasteiger partial charge < -0.3 is 15.2 Å². The van der Waals surface area contributed by atoms with Crippen molar-refractivity contribution >= 4 is 44.7 Å². The molecule has 0 aliphatic carbocycles. The van der Waals surface area contributed by atoms with Gasteiger partial charge in [-0.1, -0.05) is 11.6 Å². The molecule has 4 rings (SSSR count). The highest BCUT2D eigenvalue weighted by atomic mass is 35.5. The third-order valence-corrected chi connectivity index (χ3v) is 6.67. The number of H-pyrrole nitrogens is 1. The predicted octanol–water partition coefficient (Wildman–Crippen LogP) is 4.65. The number of nitrogens with zero attached hydrogens (tertiary/aromatic N) is 4. The number of aryl methyl sites for hydroxylation is 1. The second-order valence-corrected chi connectivity index (χ2v) is 9.71. The zero-order valence-corrected chi connectivity index (χ0v) is 20.9. The van der Waals surface area contributed by atoms with Crippen LogP contribution in [0.1, 0.15) is 17.5 Å². The van der Waals surface area contributed by atoms with Crippen molar-refractivity contribution in [1.29, 1.82) is 0 Å². The first-order chi connectivity index (χ1) is 17.0. The fraction of sp³-hybridized carbons (Fsp3) is 0.304. The number of rotatable bonds is 8. The summed E-state index contributed by atoms with van der Waals surface area (Å²) in [6.07, 6.45) is -2.40. The van der Waals surface area contributed by atoms with E-state index in [1.807, 2.05) is 14.1 Å². The van der Waals surface area contributed by atoms with Gasteiger partial charge in [0, 0.05) is 23.0 Å². The maximum Gasteiger partial charge on any atom is 0.416 e. The van der Waals surface area contributed by atoms with Gasteiger partial charge in [-0.25, -0.2) is 4.98 Å². The van der Waals surface area contributed by atoms with Crippen molar-refractivity contribution in [2.45, 2.75) is 25.6 Å². The number of amides is 1. The first kappa shape index (κ1) is 25.9. The summed E-state index contributed by atoms with van der Waals surface area (Å²) in [7, 11) is 3.97. The molecule has 0 unspecified atom stereocenters. The Morgan fingerprint density at radius 1 is 1.28 bits per heavy atom. The molecular formula is C23H22ClF3N6O2S. The Kier molecular flexibility index (Phi) is 7.48. The monoisotopic (exact) mass is 538 g/mol. The molecule has 0 spiro atoms.